The van der Waals surface area contributed by atoms with Gasteiger partial charge in [0.25, 0.3) is 0 Å². The van der Waals surface area contributed by atoms with Crippen LogP contribution in [-0.2, 0) is 0 Å². The highest BCUT2D eigenvalue weighted by Crippen LogP contribution is 2.31. The largest absolute Gasteiger partial charge is 0.381 e. The molecule has 3 rings (SSSR count). The molecule has 0 radical (unpaired) electrons. The molecule has 0 spiro atoms. The van der Waals surface area contributed by atoms with Crippen LogP contribution in [0.3, 0.4) is 0 Å². The van der Waals surface area contributed by atoms with Crippen molar-refractivity contribution < 1.29 is 0 Å². The van der Waals surface area contributed by atoms with Gasteiger partial charge in [-0.05, 0) is 29.8 Å². The number of anilines is 2. The first-order chi connectivity index (χ1) is 8.33. The smallest absolute Gasteiger partial charge is 0.0687 e. The molecule has 0 aliphatic carbocycles. The molecule has 1 heterocycles. The summed E-state index contributed by atoms with van der Waals surface area (Å²) in [4.78, 5) is 0. The number of hydrogen-bond acceptors (Lipinski definition) is 2. The summed E-state index contributed by atoms with van der Waals surface area (Å²) in [6.07, 6.45) is 0. The van der Waals surface area contributed by atoms with Gasteiger partial charge in [-0.3, -0.25) is 0 Å². The normalized spacial score (nSPS) is 17.8. The van der Waals surface area contributed by atoms with Gasteiger partial charge in [-0.2, -0.15) is 0 Å². The lowest BCUT2D eigenvalue weighted by Gasteiger charge is -2.28. The monoisotopic (exact) mass is 244 g/mol. The Morgan fingerprint density at radius 2 is 1.82 bits per heavy atom. The van der Waals surface area contributed by atoms with E-state index in [0.717, 1.165) is 22.9 Å². The van der Waals surface area contributed by atoms with Crippen LogP contribution in [0, 0.1) is 0 Å². The van der Waals surface area contributed by atoms with Crippen molar-refractivity contribution in [1.29, 1.82) is 0 Å². The molecule has 0 aromatic heterocycles. The molecule has 0 amide bonds. The minimum Gasteiger partial charge on any atom is -0.381 e. The van der Waals surface area contributed by atoms with E-state index in [1.54, 1.807) is 0 Å². The molecule has 86 valence electrons. The molecule has 2 N–H and O–H groups in total. The van der Waals surface area contributed by atoms with Gasteiger partial charge in [0.1, 0.15) is 0 Å². The molecule has 2 aromatic rings. The zero-order valence-electron chi connectivity index (χ0n) is 9.28. The van der Waals surface area contributed by atoms with E-state index in [1.807, 2.05) is 30.3 Å². The van der Waals surface area contributed by atoms with Crippen molar-refractivity contribution in [3.8, 4) is 0 Å². The lowest BCUT2D eigenvalue weighted by atomic mass is 10.0. The lowest BCUT2D eigenvalue weighted by molar-refractivity contribution is 0.804. The van der Waals surface area contributed by atoms with Gasteiger partial charge in [-0.25, -0.2) is 0 Å². The molecule has 0 bridgehead atoms. The molecular weight excluding hydrogens is 232 g/mol. The first kappa shape index (κ1) is 10.5. The maximum Gasteiger partial charge on any atom is 0.0687 e. The first-order valence-corrected chi connectivity index (χ1v) is 6.05. The Hall–Kier alpha value is -1.67. The van der Waals surface area contributed by atoms with Gasteiger partial charge < -0.3 is 10.6 Å². The highest BCUT2D eigenvalue weighted by molar-refractivity contribution is 6.30. The molecule has 1 aliphatic heterocycles. The van der Waals surface area contributed by atoms with Crippen molar-refractivity contribution in [2.45, 2.75) is 6.04 Å². The summed E-state index contributed by atoms with van der Waals surface area (Å²) in [6, 6.07) is 16.5. The van der Waals surface area contributed by atoms with Crippen LogP contribution in [0.4, 0.5) is 11.4 Å². The fourth-order valence-electron chi connectivity index (χ4n) is 2.14. The third kappa shape index (κ3) is 2.08. The molecule has 0 saturated heterocycles. The van der Waals surface area contributed by atoms with Gasteiger partial charge in [0.15, 0.2) is 0 Å². The molecule has 1 atom stereocenters. The van der Waals surface area contributed by atoms with Crippen LogP contribution in [0.2, 0.25) is 5.02 Å². The van der Waals surface area contributed by atoms with E-state index >= 15 is 0 Å². The van der Waals surface area contributed by atoms with Crippen LogP contribution in [0.5, 0.6) is 0 Å². The summed E-state index contributed by atoms with van der Waals surface area (Å²) in [6.45, 7) is 0.872. The maximum absolute atomic E-state index is 6.02. The van der Waals surface area contributed by atoms with Gasteiger partial charge in [-0.1, -0.05) is 35.9 Å². The second-order valence-electron chi connectivity index (χ2n) is 4.18. The minimum absolute atomic E-state index is 0.267. The van der Waals surface area contributed by atoms with E-state index < -0.39 is 0 Å². The van der Waals surface area contributed by atoms with Crippen LogP contribution in [-0.4, -0.2) is 6.54 Å². The molecule has 0 fully saturated rings. The summed E-state index contributed by atoms with van der Waals surface area (Å²) < 4.78 is 0. The van der Waals surface area contributed by atoms with Gasteiger partial charge >= 0.3 is 0 Å². The molecular formula is C14H13ClN2. The van der Waals surface area contributed by atoms with Crippen molar-refractivity contribution >= 4 is 23.0 Å². The van der Waals surface area contributed by atoms with E-state index in [0.29, 0.717) is 0 Å². The summed E-state index contributed by atoms with van der Waals surface area (Å²) in [5.41, 5.74) is 3.51. The van der Waals surface area contributed by atoms with Crippen molar-refractivity contribution in [2.24, 2.45) is 0 Å². The van der Waals surface area contributed by atoms with E-state index in [1.165, 1.54) is 5.56 Å². The molecule has 2 aromatic carbocycles. The average Bonchev–Trinajstić information content (AvgIpc) is 2.38. The Bertz CT molecular complexity index is 539. The van der Waals surface area contributed by atoms with Crippen molar-refractivity contribution in [3.05, 3.63) is 59.1 Å². The maximum atomic E-state index is 6.02. The van der Waals surface area contributed by atoms with Gasteiger partial charge in [0.05, 0.1) is 17.4 Å². The Morgan fingerprint density at radius 1 is 1.00 bits per heavy atom. The van der Waals surface area contributed by atoms with E-state index in [9.17, 15) is 0 Å². The third-order valence-corrected chi connectivity index (χ3v) is 3.24. The first-order valence-electron chi connectivity index (χ1n) is 5.68. The minimum atomic E-state index is 0.267. The number of halogens is 1. The molecule has 3 heteroatoms. The van der Waals surface area contributed by atoms with Crippen LogP contribution < -0.4 is 10.6 Å². The van der Waals surface area contributed by atoms with Crippen LogP contribution in [0.1, 0.15) is 11.6 Å². The van der Waals surface area contributed by atoms with Gasteiger partial charge in [0.2, 0.25) is 0 Å². The fourth-order valence-corrected chi connectivity index (χ4v) is 2.34. The number of rotatable bonds is 1. The summed E-state index contributed by atoms with van der Waals surface area (Å²) >= 11 is 6.02. The van der Waals surface area contributed by atoms with Crippen molar-refractivity contribution in [3.63, 3.8) is 0 Å². The lowest BCUT2D eigenvalue weighted by Crippen LogP contribution is -2.25. The Kier molecular flexibility index (Phi) is 2.65. The summed E-state index contributed by atoms with van der Waals surface area (Å²) in [7, 11) is 0. The highest BCUT2D eigenvalue weighted by atomic mass is 35.5. The Balaban J connectivity index is 1.89. The predicted molar refractivity (Wildman–Crippen MR) is 72.7 cm³/mol. The van der Waals surface area contributed by atoms with Crippen LogP contribution >= 0.6 is 11.6 Å². The zero-order chi connectivity index (χ0) is 11.7. The summed E-state index contributed by atoms with van der Waals surface area (Å²) in [5.74, 6) is 0. The molecule has 0 unspecified atom stereocenters. The molecule has 17 heavy (non-hydrogen) atoms. The standard InChI is InChI=1S/C14H13ClN2/c15-11-5-3-4-10(8-11)14-9-16-12-6-1-2-7-13(12)17-14/h1-8,14,16-17H,9H2/t14-/m1/s1. The number of benzene rings is 2. The fraction of sp³-hybridized carbons (Fsp3) is 0.143. The summed E-state index contributed by atoms with van der Waals surface area (Å²) in [5, 5.41) is 7.73. The van der Waals surface area contributed by atoms with Crippen LogP contribution in [0.15, 0.2) is 48.5 Å². The molecule has 2 nitrogen and oxygen atoms in total. The van der Waals surface area contributed by atoms with Crippen molar-refractivity contribution in [2.75, 3.05) is 17.2 Å². The predicted octanol–water partition coefficient (Wildman–Crippen LogP) is 3.92. The van der Waals surface area contributed by atoms with E-state index in [2.05, 4.69) is 28.8 Å². The number of para-hydroxylation sites is 2. The zero-order valence-corrected chi connectivity index (χ0v) is 10.0. The van der Waals surface area contributed by atoms with Gasteiger partial charge in [-0.15, -0.1) is 0 Å². The Labute approximate surface area is 106 Å². The SMILES string of the molecule is Clc1cccc([C@H]2CNc3ccccc3N2)c1. The third-order valence-electron chi connectivity index (χ3n) is 3.00. The number of hydrogen-bond donors (Lipinski definition) is 2. The van der Waals surface area contributed by atoms with Gasteiger partial charge in [0, 0.05) is 11.6 Å². The number of fused-ring (bicyclic) bond motifs is 1. The molecule has 0 saturated carbocycles. The number of nitrogens with one attached hydrogen (secondary N) is 2. The topological polar surface area (TPSA) is 24.1 Å². The van der Waals surface area contributed by atoms with Crippen LogP contribution in [0.25, 0.3) is 0 Å². The van der Waals surface area contributed by atoms with E-state index in [4.69, 9.17) is 11.6 Å². The Morgan fingerprint density at radius 3 is 2.65 bits per heavy atom. The average molecular weight is 245 g/mol. The van der Waals surface area contributed by atoms with Crippen molar-refractivity contribution in [1.82, 2.24) is 0 Å². The highest BCUT2D eigenvalue weighted by Gasteiger charge is 2.17. The second-order valence-corrected chi connectivity index (χ2v) is 4.61. The van der Waals surface area contributed by atoms with E-state index in [-0.39, 0.29) is 6.04 Å². The molecule has 1 aliphatic rings. The quantitative estimate of drug-likeness (QED) is 0.795. The second kappa shape index (κ2) is 4.30.